The topological polar surface area (TPSA) is 46.2 Å². The summed E-state index contributed by atoms with van der Waals surface area (Å²) >= 11 is 0. The minimum Gasteiger partial charge on any atom is -0.298 e. The second-order valence-electron chi connectivity index (χ2n) is 5.67. The van der Waals surface area contributed by atoms with Crippen LogP contribution in [0, 0.1) is 5.92 Å². The van der Waals surface area contributed by atoms with Gasteiger partial charge in [0.25, 0.3) is 0 Å². The van der Waals surface area contributed by atoms with Crippen molar-refractivity contribution in [3.05, 3.63) is 47.5 Å². The zero-order valence-electron chi connectivity index (χ0n) is 11.6. The van der Waals surface area contributed by atoms with E-state index in [1.54, 1.807) is 0 Å². The van der Waals surface area contributed by atoms with Crippen LogP contribution in [0.3, 0.4) is 0 Å². The molecule has 1 unspecified atom stereocenters. The van der Waals surface area contributed by atoms with Gasteiger partial charge in [0.15, 0.2) is 11.6 Å². The van der Waals surface area contributed by atoms with E-state index in [1.165, 1.54) is 0 Å². The van der Waals surface area contributed by atoms with Gasteiger partial charge in [-0.05, 0) is 23.5 Å². The molecule has 1 aromatic rings. The Labute approximate surface area is 119 Å². The van der Waals surface area contributed by atoms with Crippen LogP contribution in [0.5, 0.6) is 0 Å². The molecule has 104 valence electrons. The van der Waals surface area contributed by atoms with E-state index in [0.717, 1.165) is 17.6 Å². The van der Waals surface area contributed by atoms with E-state index in [0.29, 0.717) is 13.0 Å². The van der Waals surface area contributed by atoms with Crippen molar-refractivity contribution in [2.45, 2.75) is 31.7 Å². The van der Waals surface area contributed by atoms with Crippen LogP contribution >= 0.6 is 0 Å². The third-order valence-electron chi connectivity index (χ3n) is 4.44. The number of piperidine rings is 1. The fourth-order valence-electron chi connectivity index (χ4n) is 3.38. The lowest BCUT2D eigenvalue weighted by molar-refractivity contribution is -0.125. The zero-order valence-corrected chi connectivity index (χ0v) is 11.6. The molecule has 1 fully saturated rings. The number of carbonyl (C=O) groups excluding carboxylic acids is 2. The zero-order chi connectivity index (χ0) is 14.1. The molecule has 0 aromatic heterocycles. The lowest BCUT2D eigenvalue weighted by atomic mass is 9.72. The van der Waals surface area contributed by atoms with E-state index in [1.807, 2.05) is 18.2 Å². The lowest BCUT2D eigenvalue weighted by Gasteiger charge is -2.37. The van der Waals surface area contributed by atoms with Gasteiger partial charge in [-0.1, -0.05) is 43.3 Å². The monoisotopic (exact) mass is 269 g/mol. The Balaban J connectivity index is 1.95. The first-order valence-electron chi connectivity index (χ1n) is 7.22. The smallest absolute Gasteiger partial charge is 0.154 e. The Morgan fingerprint density at radius 3 is 2.65 bits per heavy atom. The van der Waals surface area contributed by atoms with Crippen molar-refractivity contribution in [1.82, 2.24) is 5.32 Å². The molecular weight excluding hydrogens is 250 g/mol. The number of hydrogen-bond donors (Lipinski definition) is 1. The number of nitrogens with one attached hydrogen (secondary N) is 1. The largest absolute Gasteiger partial charge is 0.298 e. The van der Waals surface area contributed by atoms with Crippen LogP contribution in [0.2, 0.25) is 0 Å². The molecule has 1 saturated heterocycles. The average Bonchev–Trinajstić information content (AvgIpc) is 2.48. The second-order valence-corrected chi connectivity index (χ2v) is 5.67. The standard InChI is InChI=1S/C17H19NO2/c1-11(12-6-3-2-4-7-12)16-13-8-5-9-14(19)17(13)18-10-15(16)20/h2-4,6-8,11,16-18H,5,9-10H2,1H3/t11-,16?,17-/m1/s1. The van der Waals surface area contributed by atoms with E-state index < -0.39 is 0 Å². The fraction of sp³-hybridized carbons (Fsp3) is 0.412. The minimum atomic E-state index is -0.238. The van der Waals surface area contributed by atoms with E-state index in [2.05, 4.69) is 30.4 Å². The number of allylic oxidation sites excluding steroid dienone is 1. The summed E-state index contributed by atoms with van der Waals surface area (Å²) in [6, 6.07) is 9.84. The highest BCUT2D eigenvalue weighted by molar-refractivity contribution is 5.96. The highest BCUT2D eigenvalue weighted by Crippen LogP contribution is 2.36. The number of ketones is 2. The summed E-state index contributed by atoms with van der Waals surface area (Å²) in [5, 5.41) is 3.09. The SMILES string of the molecule is C[C@H](c1ccccc1)C1C(=O)CN[C@H]2C(=O)CCC=C12. The van der Waals surface area contributed by atoms with Crippen LogP contribution in [0.15, 0.2) is 42.0 Å². The Morgan fingerprint density at radius 1 is 1.15 bits per heavy atom. The molecule has 1 heterocycles. The summed E-state index contributed by atoms with van der Waals surface area (Å²) in [6.45, 7) is 2.38. The molecule has 3 atom stereocenters. The van der Waals surface area contributed by atoms with Gasteiger partial charge >= 0.3 is 0 Å². The van der Waals surface area contributed by atoms with Crippen molar-refractivity contribution in [1.29, 1.82) is 0 Å². The molecule has 0 saturated carbocycles. The summed E-state index contributed by atoms with van der Waals surface area (Å²) in [7, 11) is 0. The quantitative estimate of drug-likeness (QED) is 0.838. The number of rotatable bonds is 2. The molecule has 3 rings (SSSR count). The molecule has 0 spiro atoms. The average molecular weight is 269 g/mol. The van der Waals surface area contributed by atoms with Gasteiger partial charge in [-0.2, -0.15) is 0 Å². The van der Waals surface area contributed by atoms with Crippen molar-refractivity contribution in [2.75, 3.05) is 6.54 Å². The number of carbonyl (C=O) groups is 2. The van der Waals surface area contributed by atoms with Gasteiger partial charge in [0, 0.05) is 12.3 Å². The van der Waals surface area contributed by atoms with Crippen molar-refractivity contribution in [3.8, 4) is 0 Å². The molecule has 1 aromatic carbocycles. The molecule has 3 heteroatoms. The van der Waals surface area contributed by atoms with Crippen LogP contribution in [-0.2, 0) is 9.59 Å². The predicted octanol–water partition coefficient (Wildman–Crippen LogP) is 2.24. The maximum Gasteiger partial charge on any atom is 0.154 e. The summed E-state index contributed by atoms with van der Waals surface area (Å²) in [6.07, 6.45) is 3.44. The molecule has 0 amide bonds. The molecule has 0 radical (unpaired) electrons. The highest BCUT2D eigenvalue weighted by atomic mass is 16.1. The third kappa shape index (κ3) is 2.22. The van der Waals surface area contributed by atoms with Gasteiger partial charge in [-0.15, -0.1) is 0 Å². The van der Waals surface area contributed by atoms with E-state index in [4.69, 9.17) is 0 Å². The predicted molar refractivity (Wildman–Crippen MR) is 77.5 cm³/mol. The van der Waals surface area contributed by atoms with Crippen molar-refractivity contribution < 1.29 is 9.59 Å². The molecule has 3 nitrogen and oxygen atoms in total. The molecule has 1 aliphatic carbocycles. The molecule has 20 heavy (non-hydrogen) atoms. The summed E-state index contributed by atoms with van der Waals surface area (Å²) < 4.78 is 0. The second kappa shape index (κ2) is 5.33. The molecule has 0 bridgehead atoms. The molecule has 1 N–H and O–H groups in total. The molecule has 1 aliphatic heterocycles. The van der Waals surface area contributed by atoms with Crippen molar-refractivity contribution in [3.63, 3.8) is 0 Å². The van der Waals surface area contributed by atoms with Gasteiger partial charge in [0.05, 0.1) is 12.6 Å². The summed E-state index contributed by atoms with van der Waals surface area (Å²) in [5.74, 6) is 0.372. The Bertz CT molecular complexity index is 562. The Kier molecular flexibility index (Phi) is 3.53. The van der Waals surface area contributed by atoms with Crippen LogP contribution in [0.4, 0.5) is 0 Å². The van der Waals surface area contributed by atoms with Gasteiger partial charge in [0.1, 0.15) is 0 Å². The van der Waals surface area contributed by atoms with Gasteiger partial charge in [0.2, 0.25) is 0 Å². The first-order chi connectivity index (χ1) is 9.68. The Morgan fingerprint density at radius 2 is 1.90 bits per heavy atom. The van der Waals surface area contributed by atoms with Gasteiger partial charge in [-0.3, -0.25) is 14.9 Å². The highest BCUT2D eigenvalue weighted by Gasteiger charge is 2.40. The first kappa shape index (κ1) is 13.3. The summed E-state index contributed by atoms with van der Waals surface area (Å²) in [5.41, 5.74) is 2.15. The summed E-state index contributed by atoms with van der Waals surface area (Å²) in [4.78, 5) is 24.4. The third-order valence-corrected chi connectivity index (χ3v) is 4.44. The Hall–Kier alpha value is -1.74. The van der Waals surface area contributed by atoms with E-state index in [9.17, 15) is 9.59 Å². The maximum absolute atomic E-state index is 12.4. The molecule has 2 aliphatic rings. The number of benzene rings is 1. The van der Waals surface area contributed by atoms with Crippen molar-refractivity contribution in [2.24, 2.45) is 5.92 Å². The number of Topliss-reactive ketones (excluding diaryl/α,β-unsaturated/α-hetero) is 2. The van der Waals surface area contributed by atoms with Crippen LogP contribution in [0.1, 0.15) is 31.2 Å². The minimum absolute atomic E-state index is 0.116. The maximum atomic E-state index is 12.4. The van der Waals surface area contributed by atoms with Crippen LogP contribution in [-0.4, -0.2) is 24.2 Å². The van der Waals surface area contributed by atoms with Crippen LogP contribution in [0.25, 0.3) is 0 Å². The van der Waals surface area contributed by atoms with E-state index >= 15 is 0 Å². The number of hydrogen-bond acceptors (Lipinski definition) is 3. The van der Waals surface area contributed by atoms with Gasteiger partial charge in [-0.25, -0.2) is 0 Å². The number of fused-ring (bicyclic) bond motifs is 1. The van der Waals surface area contributed by atoms with E-state index in [-0.39, 0.29) is 29.4 Å². The molecular formula is C17H19NO2. The normalized spacial score (nSPS) is 27.8. The fourth-order valence-corrected chi connectivity index (χ4v) is 3.38. The van der Waals surface area contributed by atoms with Gasteiger partial charge < -0.3 is 0 Å². The van der Waals surface area contributed by atoms with Crippen molar-refractivity contribution >= 4 is 11.6 Å². The van der Waals surface area contributed by atoms with Crippen LogP contribution < -0.4 is 5.32 Å². The first-order valence-corrected chi connectivity index (χ1v) is 7.22. The lowest BCUT2D eigenvalue weighted by Crippen LogP contribution is -2.52.